The van der Waals surface area contributed by atoms with Gasteiger partial charge < -0.3 is 19.9 Å². The summed E-state index contributed by atoms with van der Waals surface area (Å²) >= 11 is 1.43. The number of carbonyl (C=O) groups is 3. The molecule has 2 saturated carbocycles. The van der Waals surface area contributed by atoms with Crippen molar-refractivity contribution in [3.05, 3.63) is 0 Å². The highest BCUT2D eigenvalue weighted by atomic mass is 32.2. The van der Waals surface area contributed by atoms with E-state index in [4.69, 9.17) is 9.47 Å². The highest BCUT2D eigenvalue weighted by molar-refractivity contribution is 8.00. The molecule has 3 rings (SSSR count). The Morgan fingerprint density at radius 1 is 1.48 bits per heavy atom. The first kappa shape index (κ1) is 18.5. The van der Waals surface area contributed by atoms with Crippen LogP contribution in [0.15, 0.2) is 0 Å². The third kappa shape index (κ3) is 3.03. The van der Waals surface area contributed by atoms with Crippen molar-refractivity contribution >= 4 is 29.6 Å². The minimum atomic E-state index is -1.09. The number of carbonyl (C=O) groups excluding carboxylic acids is 3. The van der Waals surface area contributed by atoms with Crippen LogP contribution in [0.5, 0.6) is 0 Å². The van der Waals surface area contributed by atoms with Crippen molar-refractivity contribution in [2.24, 2.45) is 17.8 Å². The monoisotopic (exact) mass is 371 g/mol. The standard InChI is InChI=1S/C17H25NO6S/c1-8-6-10-4-5-12-17(10,22)13(16(21)24-12)14(8)25-7-11(15(20)23-3)18-9(2)19/h8,10-14,22H,4-7H2,1-3H3,(H,18,19)/t8-,10+,11?,12+,13+,14?,17+/m0/s1. The zero-order chi connectivity index (χ0) is 18.4. The smallest absolute Gasteiger partial charge is 0.329 e. The number of hydrogen-bond donors (Lipinski definition) is 2. The molecule has 2 aliphatic carbocycles. The van der Waals surface area contributed by atoms with Gasteiger partial charge in [0.25, 0.3) is 0 Å². The van der Waals surface area contributed by atoms with Crippen molar-refractivity contribution < 1.29 is 29.0 Å². The highest BCUT2D eigenvalue weighted by Crippen LogP contribution is 2.58. The fraction of sp³-hybridized carbons (Fsp3) is 0.824. The first-order valence-corrected chi connectivity index (χ1v) is 9.73. The van der Waals surface area contributed by atoms with Crippen LogP contribution in [0.25, 0.3) is 0 Å². The number of esters is 2. The van der Waals surface area contributed by atoms with E-state index >= 15 is 0 Å². The fourth-order valence-electron chi connectivity index (χ4n) is 4.73. The minimum Gasteiger partial charge on any atom is -0.467 e. The quantitative estimate of drug-likeness (QED) is 0.678. The normalized spacial score (nSPS) is 40.2. The van der Waals surface area contributed by atoms with Crippen LogP contribution in [0.4, 0.5) is 0 Å². The Morgan fingerprint density at radius 3 is 2.84 bits per heavy atom. The molecule has 1 amide bonds. The van der Waals surface area contributed by atoms with Crippen molar-refractivity contribution in [3.63, 3.8) is 0 Å². The summed E-state index contributed by atoms with van der Waals surface area (Å²) in [5.41, 5.74) is -1.09. The van der Waals surface area contributed by atoms with Crippen LogP contribution in [0.1, 0.15) is 33.1 Å². The predicted molar refractivity (Wildman–Crippen MR) is 90.7 cm³/mol. The molecule has 25 heavy (non-hydrogen) atoms. The van der Waals surface area contributed by atoms with Gasteiger partial charge in [0, 0.05) is 17.9 Å². The van der Waals surface area contributed by atoms with E-state index in [1.165, 1.54) is 25.8 Å². The molecule has 2 unspecified atom stereocenters. The number of aliphatic hydroxyl groups is 1. The number of nitrogens with one attached hydrogen (secondary N) is 1. The molecule has 1 aliphatic heterocycles. The van der Waals surface area contributed by atoms with Gasteiger partial charge in [-0.2, -0.15) is 11.8 Å². The Hall–Kier alpha value is -1.28. The third-order valence-electron chi connectivity index (χ3n) is 5.82. The number of amides is 1. The Labute approximate surface area is 151 Å². The number of methoxy groups -OCH3 is 1. The van der Waals surface area contributed by atoms with Crippen LogP contribution in [0.2, 0.25) is 0 Å². The van der Waals surface area contributed by atoms with Crippen LogP contribution in [-0.4, -0.2) is 58.8 Å². The summed E-state index contributed by atoms with van der Waals surface area (Å²) in [5.74, 6) is -1.16. The lowest BCUT2D eigenvalue weighted by Crippen LogP contribution is -2.56. The first-order chi connectivity index (χ1) is 11.8. The lowest BCUT2D eigenvalue weighted by atomic mass is 9.66. The van der Waals surface area contributed by atoms with Gasteiger partial charge in [-0.1, -0.05) is 6.92 Å². The van der Waals surface area contributed by atoms with E-state index in [1.54, 1.807) is 0 Å². The molecule has 3 fully saturated rings. The van der Waals surface area contributed by atoms with E-state index in [0.29, 0.717) is 6.42 Å². The van der Waals surface area contributed by atoms with Gasteiger partial charge in [-0.3, -0.25) is 9.59 Å². The molecular formula is C17H25NO6S. The average Bonchev–Trinajstić information content (AvgIpc) is 2.99. The van der Waals surface area contributed by atoms with E-state index in [1.807, 2.05) is 0 Å². The lowest BCUT2D eigenvalue weighted by molar-refractivity contribution is -0.145. The summed E-state index contributed by atoms with van der Waals surface area (Å²) in [7, 11) is 1.27. The predicted octanol–water partition coefficient (Wildman–Crippen LogP) is 0.488. The summed E-state index contributed by atoms with van der Waals surface area (Å²) in [5, 5.41) is 13.6. The third-order valence-corrected chi connectivity index (χ3v) is 7.47. The molecule has 7 nitrogen and oxygen atoms in total. The van der Waals surface area contributed by atoms with E-state index in [-0.39, 0.29) is 34.7 Å². The maximum atomic E-state index is 12.4. The molecular weight excluding hydrogens is 346 g/mol. The summed E-state index contributed by atoms with van der Waals surface area (Å²) in [4.78, 5) is 35.6. The molecule has 140 valence electrons. The van der Waals surface area contributed by atoms with Gasteiger partial charge in [0.05, 0.1) is 7.11 Å². The maximum absolute atomic E-state index is 12.4. The van der Waals surface area contributed by atoms with Crippen molar-refractivity contribution in [3.8, 4) is 0 Å². The Balaban J connectivity index is 1.75. The molecule has 0 aromatic heterocycles. The van der Waals surface area contributed by atoms with E-state index in [2.05, 4.69) is 12.2 Å². The number of hydrogen-bond acceptors (Lipinski definition) is 7. The van der Waals surface area contributed by atoms with E-state index < -0.39 is 29.6 Å². The van der Waals surface area contributed by atoms with Gasteiger partial charge in [-0.25, -0.2) is 4.79 Å². The molecule has 0 spiro atoms. The second-order valence-electron chi connectivity index (χ2n) is 7.35. The van der Waals surface area contributed by atoms with Crippen LogP contribution >= 0.6 is 11.8 Å². The SMILES string of the molecule is COC(=O)C(CSC1[C@@H](C)C[C@H]2CC[C@H]3OC(=O)[C@@H]1[C@@]23O)NC(C)=O. The summed E-state index contributed by atoms with van der Waals surface area (Å²) in [6.07, 6.45) is 2.02. The first-order valence-electron chi connectivity index (χ1n) is 8.68. The second kappa shape index (κ2) is 6.79. The molecule has 1 saturated heterocycles. The topological polar surface area (TPSA) is 102 Å². The number of thioether (sulfide) groups is 1. The van der Waals surface area contributed by atoms with Crippen LogP contribution in [0.3, 0.4) is 0 Å². The van der Waals surface area contributed by atoms with Crippen LogP contribution < -0.4 is 5.32 Å². The Morgan fingerprint density at radius 2 is 2.20 bits per heavy atom. The summed E-state index contributed by atoms with van der Waals surface area (Å²) in [6.45, 7) is 3.41. The van der Waals surface area contributed by atoms with Gasteiger partial charge >= 0.3 is 11.9 Å². The average molecular weight is 371 g/mol. The van der Waals surface area contributed by atoms with Gasteiger partial charge in [0.2, 0.25) is 5.91 Å². The Kier molecular flexibility index (Phi) is 5.03. The van der Waals surface area contributed by atoms with E-state index in [0.717, 1.165) is 12.8 Å². The summed E-state index contributed by atoms with van der Waals surface area (Å²) in [6, 6.07) is -0.774. The van der Waals surface area contributed by atoms with Gasteiger partial charge in [0.15, 0.2) is 0 Å². The van der Waals surface area contributed by atoms with Crippen molar-refractivity contribution in [1.29, 1.82) is 0 Å². The lowest BCUT2D eigenvalue weighted by Gasteiger charge is -2.44. The maximum Gasteiger partial charge on any atom is 0.329 e. The van der Waals surface area contributed by atoms with E-state index in [9.17, 15) is 19.5 Å². The Bertz CT molecular complexity index is 583. The van der Waals surface area contributed by atoms with Crippen LogP contribution in [0, 0.1) is 17.8 Å². The van der Waals surface area contributed by atoms with Gasteiger partial charge in [0.1, 0.15) is 23.7 Å². The zero-order valence-electron chi connectivity index (χ0n) is 14.7. The molecule has 0 radical (unpaired) electrons. The largest absolute Gasteiger partial charge is 0.467 e. The van der Waals surface area contributed by atoms with Crippen LogP contribution in [-0.2, 0) is 23.9 Å². The molecule has 1 heterocycles. The van der Waals surface area contributed by atoms with Gasteiger partial charge in [-0.15, -0.1) is 0 Å². The van der Waals surface area contributed by atoms with Crippen molar-refractivity contribution in [1.82, 2.24) is 5.32 Å². The molecule has 0 aromatic carbocycles. The fourth-order valence-corrected chi connectivity index (χ4v) is 6.32. The zero-order valence-corrected chi connectivity index (χ0v) is 15.5. The van der Waals surface area contributed by atoms with Crippen molar-refractivity contribution in [2.45, 2.75) is 56.1 Å². The molecule has 0 aromatic rings. The molecule has 2 N–H and O–H groups in total. The number of rotatable bonds is 5. The van der Waals surface area contributed by atoms with Gasteiger partial charge in [-0.05, 0) is 31.1 Å². The molecule has 8 heteroatoms. The number of ether oxygens (including phenoxy) is 2. The second-order valence-corrected chi connectivity index (χ2v) is 8.56. The highest BCUT2D eigenvalue weighted by Gasteiger charge is 2.68. The van der Waals surface area contributed by atoms with Crippen molar-refractivity contribution in [2.75, 3.05) is 12.9 Å². The summed E-state index contributed by atoms with van der Waals surface area (Å²) < 4.78 is 10.2. The molecule has 3 aliphatic rings. The minimum absolute atomic E-state index is 0.0903. The molecule has 7 atom stereocenters. The molecule has 0 bridgehead atoms.